The predicted molar refractivity (Wildman–Crippen MR) is 70.8 cm³/mol. The molecule has 0 saturated carbocycles. The second kappa shape index (κ2) is 5.53. The molecule has 2 amide bonds. The highest BCUT2D eigenvalue weighted by molar-refractivity contribution is 5.90. The van der Waals surface area contributed by atoms with Gasteiger partial charge in [0.25, 0.3) is 0 Å². The lowest BCUT2D eigenvalue weighted by molar-refractivity contribution is 0.0870. The van der Waals surface area contributed by atoms with Crippen molar-refractivity contribution in [3.8, 4) is 0 Å². The minimum absolute atomic E-state index is 0.0485. The van der Waals surface area contributed by atoms with Gasteiger partial charge >= 0.3 is 6.03 Å². The number of benzene rings is 1. The average molecular weight is 247 g/mol. The molecule has 0 aromatic heterocycles. The SMILES string of the molecule is CC1=NO[C@@H](CNC(=O)Nc2ccccc2C)C1. The van der Waals surface area contributed by atoms with Crippen LogP contribution in [0.5, 0.6) is 0 Å². The van der Waals surface area contributed by atoms with Gasteiger partial charge in [-0.2, -0.15) is 0 Å². The van der Waals surface area contributed by atoms with Gasteiger partial charge in [0.15, 0.2) is 0 Å². The van der Waals surface area contributed by atoms with Gasteiger partial charge < -0.3 is 15.5 Å². The lowest BCUT2D eigenvalue weighted by Crippen LogP contribution is -2.35. The molecule has 1 aliphatic heterocycles. The second-order valence-electron chi connectivity index (χ2n) is 4.41. The number of anilines is 1. The zero-order valence-corrected chi connectivity index (χ0v) is 10.6. The first-order chi connectivity index (χ1) is 8.65. The Hall–Kier alpha value is -2.04. The van der Waals surface area contributed by atoms with Gasteiger partial charge in [0.1, 0.15) is 6.10 Å². The molecule has 1 aromatic carbocycles. The predicted octanol–water partition coefficient (Wildman–Crippen LogP) is 2.28. The van der Waals surface area contributed by atoms with Gasteiger partial charge in [-0.25, -0.2) is 4.79 Å². The van der Waals surface area contributed by atoms with E-state index < -0.39 is 0 Å². The van der Waals surface area contributed by atoms with Gasteiger partial charge in [0, 0.05) is 12.1 Å². The number of nitrogens with zero attached hydrogens (tertiary/aromatic N) is 1. The zero-order valence-electron chi connectivity index (χ0n) is 10.6. The molecule has 1 aromatic rings. The Morgan fingerprint density at radius 3 is 2.89 bits per heavy atom. The number of para-hydroxylation sites is 1. The molecule has 0 saturated heterocycles. The number of hydrogen-bond donors (Lipinski definition) is 2. The Labute approximate surface area is 106 Å². The molecule has 18 heavy (non-hydrogen) atoms. The Kier molecular flexibility index (Phi) is 3.82. The van der Waals surface area contributed by atoms with Crippen LogP contribution in [0.2, 0.25) is 0 Å². The van der Waals surface area contributed by atoms with E-state index in [4.69, 9.17) is 4.84 Å². The first-order valence-electron chi connectivity index (χ1n) is 5.95. The fourth-order valence-electron chi connectivity index (χ4n) is 1.76. The molecule has 0 unspecified atom stereocenters. The molecule has 1 atom stereocenters. The zero-order chi connectivity index (χ0) is 13.0. The van der Waals surface area contributed by atoms with Crippen molar-refractivity contribution in [2.24, 2.45) is 5.16 Å². The van der Waals surface area contributed by atoms with Crippen molar-refractivity contribution in [3.63, 3.8) is 0 Å². The van der Waals surface area contributed by atoms with Gasteiger partial charge in [0.05, 0.1) is 12.3 Å². The van der Waals surface area contributed by atoms with Gasteiger partial charge in [-0.1, -0.05) is 23.4 Å². The average Bonchev–Trinajstić information content (AvgIpc) is 2.76. The van der Waals surface area contributed by atoms with Crippen LogP contribution in [0.25, 0.3) is 0 Å². The van der Waals surface area contributed by atoms with Crippen LogP contribution >= 0.6 is 0 Å². The topological polar surface area (TPSA) is 62.7 Å². The molecular weight excluding hydrogens is 230 g/mol. The molecule has 0 bridgehead atoms. The third kappa shape index (κ3) is 3.23. The summed E-state index contributed by atoms with van der Waals surface area (Å²) in [7, 11) is 0. The van der Waals surface area contributed by atoms with Gasteiger partial charge in [-0.15, -0.1) is 0 Å². The van der Waals surface area contributed by atoms with E-state index in [9.17, 15) is 4.79 Å². The fraction of sp³-hybridized carbons (Fsp3) is 0.385. The number of nitrogens with one attached hydrogen (secondary N) is 2. The van der Waals surface area contributed by atoms with Crippen LogP contribution in [0.15, 0.2) is 29.4 Å². The molecule has 0 radical (unpaired) electrons. The molecule has 1 aliphatic rings. The summed E-state index contributed by atoms with van der Waals surface area (Å²) in [6.07, 6.45) is 0.720. The Morgan fingerprint density at radius 1 is 1.44 bits per heavy atom. The molecule has 2 N–H and O–H groups in total. The second-order valence-corrected chi connectivity index (χ2v) is 4.41. The molecule has 0 spiro atoms. The normalized spacial score (nSPS) is 17.9. The number of carbonyl (C=O) groups excluding carboxylic acids is 1. The summed E-state index contributed by atoms with van der Waals surface area (Å²) in [4.78, 5) is 16.8. The number of amides is 2. The van der Waals surface area contributed by atoms with E-state index in [-0.39, 0.29) is 12.1 Å². The van der Waals surface area contributed by atoms with Crippen LogP contribution in [0.4, 0.5) is 10.5 Å². The van der Waals surface area contributed by atoms with E-state index in [1.165, 1.54) is 0 Å². The first kappa shape index (κ1) is 12.4. The van der Waals surface area contributed by atoms with Crippen LogP contribution in [0, 0.1) is 6.92 Å². The van der Waals surface area contributed by atoms with E-state index >= 15 is 0 Å². The van der Waals surface area contributed by atoms with Crippen molar-refractivity contribution in [1.82, 2.24) is 5.32 Å². The highest BCUT2D eigenvalue weighted by atomic mass is 16.6. The molecule has 2 rings (SSSR count). The summed E-state index contributed by atoms with van der Waals surface area (Å²) in [5, 5.41) is 9.41. The van der Waals surface area contributed by atoms with E-state index in [1.807, 2.05) is 38.1 Å². The third-order valence-corrected chi connectivity index (χ3v) is 2.76. The van der Waals surface area contributed by atoms with Gasteiger partial charge in [-0.3, -0.25) is 0 Å². The molecule has 0 aliphatic carbocycles. The van der Waals surface area contributed by atoms with E-state index in [0.717, 1.165) is 23.4 Å². The quantitative estimate of drug-likeness (QED) is 0.860. The maximum atomic E-state index is 11.7. The lowest BCUT2D eigenvalue weighted by Gasteiger charge is -2.12. The van der Waals surface area contributed by atoms with Crippen LogP contribution < -0.4 is 10.6 Å². The van der Waals surface area contributed by atoms with E-state index in [2.05, 4.69) is 15.8 Å². The number of carbonyl (C=O) groups is 1. The highest BCUT2D eigenvalue weighted by Gasteiger charge is 2.18. The van der Waals surface area contributed by atoms with Crippen LogP contribution in [-0.2, 0) is 4.84 Å². The minimum Gasteiger partial charge on any atom is -0.390 e. The number of hydrogen-bond acceptors (Lipinski definition) is 3. The first-order valence-corrected chi connectivity index (χ1v) is 5.95. The molecule has 5 heteroatoms. The van der Waals surface area contributed by atoms with Gasteiger partial charge in [0.2, 0.25) is 0 Å². The fourth-order valence-corrected chi connectivity index (χ4v) is 1.76. The molecule has 1 heterocycles. The van der Waals surface area contributed by atoms with E-state index in [1.54, 1.807) is 0 Å². The summed E-state index contributed by atoms with van der Waals surface area (Å²) >= 11 is 0. The van der Waals surface area contributed by atoms with Crippen LogP contribution in [0.3, 0.4) is 0 Å². The monoisotopic (exact) mass is 247 g/mol. The number of aryl methyl sites for hydroxylation is 1. The summed E-state index contributed by atoms with van der Waals surface area (Å²) in [6, 6.07) is 7.42. The smallest absolute Gasteiger partial charge is 0.319 e. The Balaban J connectivity index is 1.78. The number of urea groups is 1. The molecular formula is C13H17N3O2. The van der Waals surface area contributed by atoms with Gasteiger partial charge in [-0.05, 0) is 25.5 Å². The summed E-state index contributed by atoms with van der Waals surface area (Å²) in [6.45, 7) is 4.32. The maximum absolute atomic E-state index is 11.7. The molecule has 5 nitrogen and oxygen atoms in total. The third-order valence-electron chi connectivity index (χ3n) is 2.76. The van der Waals surface area contributed by atoms with Crippen LogP contribution in [-0.4, -0.2) is 24.4 Å². The Morgan fingerprint density at radius 2 is 2.22 bits per heavy atom. The van der Waals surface area contributed by atoms with Crippen molar-refractivity contribution < 1.29 is 9.63 Å². The minimum atomic E-state index is -0.225. The Bertz CT molecular complexity index is 471. The summed E-state index contributed by atoms with van der Waals surface area (Å²) in [5.41, 5.74) is 2.81. The largest absolute Gasteiger partial charge is 0.390 e. The highest BCUT2D eigenvalue weighted by Crippen LogP contribution is 2.13. The number of oxime groups is 1. The van der Waals surface area contributed by atoms with E-state index in [0.29, 0.717) is 6.54 Å². The van der Waals surface area contributed by atoms with Crippen molar-refractivity contribution in [2.45, 2.75) is 26.4 Å². The summed E-state index contributed by atoms with van der Waals surface area (Å²) in [5.74, 6) is 0. The summed E-state index contributed by atoms with van der Waals surface area (Å²) < 4.78 is 0. The number of rotatable bonds is 3. The van der Waals surface area contributed by atoms with Crippen molar-refractivity contribution >= 4 is 17.4 Å². The lowest BCUT2D eigenvalue weighted by atomic mass is 10.2. The maximum Gasteiger partial charge on any atom is 0.319 e. The van der Waals surface area contributed by atoms with Crippen molar-refractivity contribution in [3.05, 3.63) is 29.8 Å². The standard InChI is InChI=1S/C13H17N3O2/c1-9-5-3-4-6-12(9)15-13(17)14-8-11-7-10(2)16-18-11/h3-6,11H,7-8H2,1-2H3,(H2,14,15,17)/t11-/m1/s1. The molecule has 0 fully saturated rings. The van der Waals surface area contributed by atoms with Crippen molar-refractivity contribution in [2.75, 3.05) is 11.9 Å². The molecule has 96 valence electrons. The van der Waals surface area contributed by atoms with Crippen LogP contribution in [0.1, 0.15) is 18.9 Å². The van der Waals surface area contributed by atoms with Crippen molar-refractivity contribution in [1.29, 1.82) is 0 Å².